The van der Waals surface area contributed by atoms with Crippen molar-refractivity contribution in [2.75, 3.05) is 0 Å². The van der Waals surface area contributed by atoms with Crippen LogP contribution in [0.5, 0.6) is 0 Å². The average molecular weight is 224 g/mol. The van der Waals surface area contributed by atoms with Gasteiger partial charge in [-0.05, 0) is 47.8 Å². The standard InChI is InChI=1S/C14H24O2/c1-9(7-11(15)16)12-13(2,3)10-5-6-14(12,4)8-10/h9-10,12H,5-8H2,1-4H3,(H,15,16). The molecule has 2 nitrogen and oxygen atoms in total. The Morgan fingerprint density at radius 1 is 1.44 bits per heavy atom. The molecule has 0 spiro atoms. The van der Waals surface area contributed by atoms with Crippen molar-refractivity contribution in [3.63, 3.8) is 0 Å². The third-order valence-corrected chi connectivity index (χ3v) is 5.45. The van der Waals surface area contributed by atoms with Crippen molar-refractivity contribution >= 4 is 5.97 Å². The summed E-state index contributed by atoms with van der Waals surface area (Å²) in [6.45, 7) is 9.22. The molecule has 0 amide bonds. The first-order chi connectivity index (χ1) is 7.27. The molecule has 2 rings (SSSR count). The molecule has 0 aromatic rings. The Labute approximate surface area is 98.4 Å². The van der Waals surface area contributed by atoms with Gasteiger partial charge in [-0.2, -0.15) is 0 Å². The summed E-state index contributed by atoms with van der Waals surface area (Å²) in [5.74, 6) is 1.06. The first-order valence-electron chi connectivity index (χ1n) is 6.49. The number of carbonyl (C=O) groups is 1. The Balaban J connectivity index is 2.22. The molecule has 0 aromatic carbocycles. The molecule has 0 aromatic heterocycles. The van der Waals surface area contributed by atoms with E-state index in [1.807, 2.05) is 0 Å². The van der Waals surface area contributed by atoms with Gasteiger partial charge in [0.15, 0.2) is 0 Å². The van der Waals surface area contributed by atoms with Gasteiger partial charge in [0, 0.05) is 6.42 Å². The number of rotatable bonds is 3. The van der Waals surface area contributed by atoms with Crippen LogP contribution in [-0.2, 0) is 4.79 Å². The molecule has 4 atom stereocenters. The van der Waals surface area contributed by atoms with Crippen molar-refractivity contribution in [2.24, 2.45) is 28.6 Å². The van der Waals surface area contributed by atoms with Gasteiger partial charge in [-0.3, -0.25) is 4.79 Å². The summed E-state index contributed by atoms with van der Waals surface area (Å²) in [7, 11) is 0. The van der Waals surface area contributed by atoms with Crippen LogP contribution in [0.4, 0.5) is 0 Å². The Morgan fingerprint density at radius 3 is 2.50 bits per heavy atom. The average Bonchev–Trinajstić information content (AvgIpc) is 2.53. The van der Waals surface area contributed by atoms with Crippen molar-refractivity contribution < 1.29 is 9.90 Å². The Kier molecular flexibility index (Phi) is 2.60. The quantitative estimate of drug-likeness (QED) is 0.796. The van der Waals surface area contributed by atoms with Crippen molar-refractivity contribution in [1.82, 2.24) is 0 Å². The SMILES string of the molecule is CC(CC(=O)O)C1C2(C)CCC(C2)C1(C)C. The molecule has 4 unspecified atom stereocenters. The van der Waals surface area contributed by atoms with Crippen LogP contribution in [0, 0.1) is 28.6 Å². The maximum Gasteiger partial charge on any atom is 0.303 e. The third-order valence-electron chi connectivity index (χ3n) is 5.45. The van der Waals surface area contributed by atoms with Crippen LogP contribution in [0.1, 0.15) is 53.4 Å². The summed E-state index contributed by atoms with van der Waals surface area (Å²) >= 11 is 0. The number of hydrogen-bond donors (Lipinski definition) is 1. The fourth-order valence-corrected chi connectivity index (χ4v) is 5.15. The van der Waals surface area contributed by atoms with Crippen LogP contribution in [-0.4, -0.2) is 11.1 Å². The maximum absolute atomic E-state index is 10.9. The first kappa shape index (κ1) is 11.9. The number of carboxylic acids is 1. The van der Waals surface area contributed by atoms with Crippen molar-refractivity contribution in [2.45, 2.75) is 53.4 Å². The predicted octanol–water partition coefficient (Wildman–Crippen LogP) is 3.56. The highest BCUT2D eigenvalue weighted by atomic mass is 16.4. The second kappa shape index (κ2) is 3.48. The highest BCUT2D eigenvalue weighted by molar-refractivity contribution is 5.67. The van der Waals surface area contributed by atoms with E-state index in [-0.39, 0.29) is 0 Å². The topological polar surface area (TPSA) is 37.3 Å². The van der Waals surface area contributed by atoms with E-state index in [0.717, 1.165) is 5.92 Å². The highest BCUT2D eigenvalue weighted by Crippen LogP contribution is 2.68. The molecular weight excluding hydrogens is 200 g/mol. The van der Waals surface area contributed by atoms with Gasteiger partial charge in [0.25, 0.3) is 0 Å². The minimum atomic E-state index is -0.644. The van der Waals surface area contributed by atoms with E-state index in [0.29, 0.717) is 29.1 Å². The zero-order valence-electron chi connectivity index (χ0n) is 10.9. The van der Waals surface area contributed by atoms with Gasteiger partial charge in [0.1, 0.15) is 0 Å². The molecular formula is C14H24O2. The van der Waals surface area contributed by atoms with Crippen LogP contribution < -0.4 is 0 Å². The molecule has 2 heteroatoms. The van der Waals surface area contributed by atoms with Gasteiger partial charge in [-0.15, -0.1) is 0 Å². The summed E-state index contributed by atoms with van der Waals surface area (Å²) in [6.07, 6.45) is 4.29. The fraction of sp³-hybridized carbons (Fsp3) is 0.929. The second-order valence-corrected chi connectivity index (χ2v) is 6.97. The number of aliphatic carboxylic acids is 1. The van der Waals surface area contributed by atoms with Crippen molar-refractivity contribution in [3.8, 4) is 0 Å². The number of fused-ring (bicyclic) bond motifs is 2. The number of carboxylic acid groups (broad SMARTS) is 1. The molecule has 0 heterocycles. The summed E-state index contributed by atoms with van der Waals surface area (Å²) in [4.78, 5) is 10.9. The van der Waals surface area contributed by atoms with E-state index in [9.17, 15) is 4.79 Å². The maximum atomic E-state index is 10.9. The molecule has 2 fully saturated rings. The second-order valence-electron chi connectivity index (χ2n) is 6.97. The molecule has 16 heavy (non-hydrogen) atoms. The van der Waals surface area contributed by atoms with Crippen LogP contribution in [0.15, 0.2) is 0 Å². The first-order valence-corrected chi connectivity index (χ1v) is 6.49. The van der Waals surface area contributed by atoms with E-state index in [1.54, 1.807) is 0 Å². The van der Waals surface area contributed by atoms with Gasteiger partial charge in [-0.25, -0.2) is 0 Å². The van der Waals surface area contributed by atoms with E-state index in [1.165, 1.54) is 19.3 Å². The monoisotopic (exact) mass is 224 g/mol. The highest BCUT2D eigenvalue weighted by Gasteiger charge is 2.60. The van der Waals surface area contributed by atoms with E-state index in [4.69, 9.17) is 5.11 Å². The molecule has 1 N–H and O–H groups in total. The van der Waals surface area contributed by atoms with Gasteiger partial charge in [0.05, 0.1) is 0 Å². The van der Waals surface area contributed by atoms with Crippen LogP contribution >= 0.6 is 0 Å². The Bertz CT molecular complexity index is 303. The lowest BCUT2D eigenvalue weighted by atomic mass is 9.59. The van der Waals surface area contributed by atoms with Gasteiger partial charge >= 0.3 is 5.97 Å². The van der Waals surface area contributed by atoms with Crippen LogP contribution in [0.3, 0.4) is 0 Å². The van der Waals surface area contributed by atoms with Gasteiger partial charge < -0.3 is 5.11 Å². The molecule has 2 aliphatic rings. The summed E-state index contributed by atoms with van der Waals surface area (Å²) < 4.78 is 0. The van der Waals surface area contributed by atoms with Gasteiger partial charge in [0.2, 0.25) is 0 Å². The minimum Gasteiger partial charge on any atom is -0.481 e. The fourth-order valence-electron chi connectivity index (χ4n) is 5.15. The zero-order chi connectivity index (χ0) is 12.1. The van der Waals surface area contributed by atoms with Crippen LogP contribution in [0.2, 0.25) is 0 Å². The lowest BCUT2D eigenvalue weighted by Crippen LogP contribution is -2.40. The Morgan fingerprint density at radius 2 is 2.06 bits per heavy atom. The molecule has 0 saturated heterocycles. The summed E-state index contributed by atoms with van der Waals surface area (Å²) in [5, 5.41) is 8.97. The number of hydrogen-bond acceptors (Lipinski definition) is 1. The smallest absolute Gasteiger partial charge is 0.303 e. The van der Waals surface area contributed by atoms with Crippen molar-refractivity contribution in [3.05, 3.63) is 0 Å². The molecule has 2 bridgehead atoms. The van der Waals surface area contributed by atoms with E-state index < -0.39 is 5.97 Å². The molecule has 0 radical (unpaired) electrons. The largest absolute Gasteiger partial charge is 0.481 e. The summed E-state index contributed by atoms with van der Waals surface area (Å²) in [5.41, 5.74) is 0.741. The van der Waals surface area contributed by atoms with E-state index in [2.05, 4.69) is 27.7 Å². The molecule has 2 aliphatic carbocycles. The molecule has 0 aliphatic heterocycles. The lowest BCUT2D eigenvalue weighted by Gasteiger charge is -2.46. The molecule has 2 saturated carbocycles. The van der Waals surface area contributed by atoms with Gasteiger partial charge in [-0.1, -0.05) is 27.7 Å². The molecule has 92 valence electrons. The zero-order valence-corrected chi connectivity index (χ0v) is 10.9. The van der Waals surface area contributed by atoms with Crippen LogP contribution in [0.25, 0.3) is 0 Å². The minimum absolute atomic E-state index is 0.308. The van der Waals surface area contributed by atoms with Crippen molar-refractivity contribution in [1.29, 1.82) is 0 Å². The van der Waals surface area contributed by atoms with E-state index >= 15 is 0 Å². The Hall–Kier alpha value is -0.530. The summed E-state index contributed by atoms with van der Waals surface area (Å²) in [6, 6.07) is 0. The lowest BCUT2D eigenvalue weighted by molar-refractivity contribution is -0.139. The normalized spacial score (nSPS) is 42.2. The third kappa shape index (κ3) is 1.57. The predicted molar refractivity (Wildman–Crippen MR) is 64.1 cm³/mol.